The Labute approximate surface area is 93.0 Å². The number of benzene rings is 1. The van der Waals surface area contributed by atoms with Gasteiger partial charge in [-0.3, -0.25) is 4.79 Å². The average Bonchev–Trinajstić information content (AvgIpc) is 2.09. The van der Waals surface area contributed by atoms with Gasteiger partial charge in [0.1, 0.15) is 6.23 Å². The maximum atomic E-state index is 11.6. The van der Waals surface area contributed by atoms with Crippen LogP contribution in [0.3, 0.4) is 0 Å². The molecule has 0 saturated heterocycles. The van der Waals surface area contributed by atoms with E-state index in [2.05, 4.69) is 5.32 Å². The van der Waals surface area contributed by atoms with Crippen LogP contribution in [0.25, 0.3) is 0 Å². The molecule has 0 aliphatic rings. The molecule has 0 heterocycles. The number of carbonyl (C=O) groups is 1. The van der Waals surface area contributed by atoms with Crippen LogP contribution in [0.1, 0.15) is 22.8 Å². The van der Waals surface area contributed by atoms with Gasteiger partial charge in [0.15, 0.2) is 0 Å². The van der Waals surface area contributed by atoms with Crippen LogP contribution >= 0.6 is 11.6 Å². The highest BCUT2D eigenvalue weighted by Gasteiger charge is 2.13. The number of nitrogen functional groups attached to an aromatic ring is 1. The number of carbonyl (C=O) groups excluding carboxylic acids is 1. The number of halogens is 1. The Morgan fingerprint density at radius 2 is 2.20 bits per heavy atom. The fourth-order valence-corrected chi connectivity index (χ4v) is 1.48. The van der Waals surface area contributed by atoms with Crippen LogP contribution < -0.4 is 11.1 Å². The van der Waals surface area contributed by atoms with Crippen molar-refractivity contribution < 1.29 is 9.90 Å². The predicted molar refractivity (Wildman–Crippen MR) is 59.7 cm³/mol. The number of nitrogens with one attached hydrogen (secondary N) is 1. The second-order valence-electron chi connectivity index (χ2n) is 3.33. The van der Waals surface area contributed by atoms with E-state index in [4.69, 9.17) is 22.4 Å². The van der Waals surface area contributed by atoms with Crippen molar-refractivity contribution in [3.05, 3.63) is 28.3 Å². The third-order valence-electron chi connectivity index (χ3n) is 1.94. The fraction of sp³-hybridized carbons (Fsp3) is 0.300. The molecule has 0 saturated carbocycles. The highest BCUT2D eigenvalue weighted by atomic mass is 35.5. The molecule has 4 N–H and O–H groups in total. The fourth-order valence-electron chi connectivity index (χ4n) is 1.21. The SMILES string of the molecule is Cc1cc(Cl)cc(C(=O)NC(C)O)c1N. The Morgan fingerprint density at radius 3 is 2.73 bits per heavy atom. The standard InChI is InChI=1S/C10H13ClN2O2/c1-5-3-7(11)4-8(9(5)12)10(15)13-6(2)14/h3-4,6,14H,12H2,1-2H3,(H,13,15). The van der Waals surface area contributed by atoms with Crippen molar-refractivity contribution in [1.82, 2.24) is 5.32 Å². The normalized spacial score (nSPS) is 12.3. The third kappa shape index (κ3) is 2.84. The van der Waals surface area contributed by atoms with Gasteiger partial charge in [-0.05, 0) is 31.5 Å². The Hall–Kier alpha value is -1.26. The van der Waals surface area contributed by atoms with Crippen LogP contribution in [-0.4, -0.2) is 17.2 Å². The number of rotatable bonds is 2. The molecule has 0 aliphatic heterocycles. The van der Waals surface area contributed by atoms with Crippen LogP contribution in [0.15, 0.2) is 12.1 Å². The van der Waals surface area contributed by atoms with E-state index in [1.807, 2.05) is 0 Å². The zero-order chi connectivity index (χ0) is 11.6. The van der Waals surface area contributed by atoms with Crippen LogP contribution in [-0.2, 0) is 0 Å². The Kier molecular flexibility index (Phi) is 3.55. The number of anilines is 1. The number of amides is 1. The summed E-state index contributed by atoms with van der Waals surface area (Å²) in [5.74, 6) is -0.437. The molecular formula is C10H13ClN2O2. The number of hydrogen-bond donors (Lipinski definition) is 3. The van der Waals surface area contributed by atoms with Crippen LogP contribution in [0.2, 0.25) is 5.02 Å². The van der Waals surface area contributed by atoms with Gasteiger partial charge in [0, 0.05) is 10.7 Å². The number of hydrogen-bond acceptors (Lipinski definition) is 3. The van der Waals surface area contributed by atoms with Gasteiger partial charge in [-0.2, -0.15) is 0 Å². The summed E-state index contributed by atoms with van der Waals surface area (Å²) in [7, 11) is 0. The van der Waals surface area contributed by atoms with E-state index in [1.165, 1.54) is 13.0 Å². The van der Waals surface area contributed by atoms with Crippen molar-refractivity contribution in [2.75, 3.05) is 5.73 Å². The second kappa shape index (κ2) is 4.51. The lowest BCUT2D eigenvalue weighted by molar-refractivity contribution is 0.0819. The van der Waals surface area contributed by atoms with Crippen molar-refractivity contribution in [1.29, 1.82) is 0 Å². The molecule has 82 valence electrons. The van der Waals surface area contributed by atoms with E-state index < -0.39 is 12.1 Å². The highest BCUT2D eigenvalue weighted by Crippen LogP contribution is 2.22. The van der Waals surface area contributed by atoms with Crippen LogP contribution in [0, 0.1) is 6.92 Å². The van der Waals surface area contributed by atoms with Gasteiger partial charge in [0.05, 0.1) is 5.56 Å². The molecule has 0 aliphatic carbocycles. The molecule has 5 heteroatoms. The smallest absolute Gasteiger partial charge is 0.255 e. The van der Waals surface area contributed by atoms with Gasteiger partial charge >= 0.3 is 0 Å². The monoisotopic (exact) mass is 228 g/mol. The molecule has 0 aromatic heterocycles. The van der Waals surface area contributed by atoms with Crippen LogP contribution in [0.5, 0.6) is 0 Å². The van der Waals surface area contributed by atoms with Gasteiger partial charge in [0.25, 0.3) is 5.91 Å². The molecule has 1 unspecified atom stereocenters. The van der Waals surface area contributed by atoms with Crippen molar-refractivity contribution in [2.24, 2.45) is 0 Å². The van der Waals surface area contributed by atoms with E-state index >= 15 is 0 Å². The summed E-state index contributed by atoms with van der Waals surface area (Å²) in [5, 5.41) is 11.8. The van der Waals surface area contributed by atoms with Gasteiger partial charge in [-0.25, -0.2) is 0 Å². The summed E-state index contributed by atoms with van der Waals surface area (Å²) in [5.41, 5.74) is 7.11. The number of aliphatic hydroxyl groups excluding tert-OH is 1. The summed E-state index contributed by atoms with van der Waals surface area (Å²) in [6, 6.07) is 3.15. The maximum absolute atomic E-state index is 11.6. The topological polar surface area (TPSA) is 75.3 Å². The van der Waals surface area contributed by atoms with Gasteiger partial charge < -0.3 is 16.2 Å². The zero-order valence-corrected chi connectivity index (χ0v) is 9.30. The molecule has 1 aromatic rings. The largest absolute Gasteiger partial charge is 0.398 e. The third-order valence-corrected chi connectivity index (χ3v) is 2.15. The zero-order valence-electron chi connectivity index (χ0n) is 8.54. The second-order valence-corrected chi connectivity index (χ2v) is 3.77. The summed E-state index contributed by atoms with van der Waals surface area (Å²) in [6.07, 6.45) is -0.920. The molecule has 1 rings (SSSR count). The van der Waals surface area contributed by atoms with Crippen LogP contribution in [0.4, 0.5) is 5.69 Å². The van der Waals surface area contributed by atoms with E-state index in [1.54, 1.807) is 13.0 Å². The van der Waals surface area contributed by atoms with Crippen molar-refractivity contribution in [3.63, 3.8) is 0 Å². The number of nitrogens with two attached hydrogens (primary N) is 1. The molecule has 0 fully saturated rings. The lowest BCUT2D eigenvalue weighted by atomic mass is 10.1. The summed E-state index contributed by atoms with van der Waals surface area (Å²) >= 11 is 5.80. The first kappa shape index (κ1) is 11.8. The minimum atomic E-state index is -0.920. The van der Waals surface area contributed by atoms with Crippen molar-refractivity contribution in [3.8, 4) is 0 Å². The molecule has 1 atom stereocenters. The highest BCUT2D eigenvalue weighted by molar-refractivity contribution is 6.31. The van der Waals surface area contributed by atoms with Crippen molar-refractivity contribution >= 4 is 23.2 Å². The first-order chi connectivity index (χ1) is 6.91. The van der Waals surface area contributed by atoms with E-state index in [-0.39, 0.29) is 5.56 Å². The average molecular weight is 229 g/mol. The Bertz CT molecular complexity index is 391. The lowest BCUT2D eigenvalue weighted by Crippen LogP contribution is -2.32. The minimum Gasteiger partial charge on any atom is -0.398 e. The Morgan fingerprint density at radius 1 is 1.60 bits per heavy atom. The minimum absolute atomic E-state index is 0.279. The summed E-state index contributed by atoms with van der Waals surface area (Å²) in [6.45, 7) is 3.21. The predicted octanol–water partition coefficient (Wildman–Crippen LogP) is 1.30. The van der Waals surface area contributed by atoms with E-state index in [9.17, 15) is 4.79 Å². The van der Waals surface area contributed by atoms with Gasteiger partial charge in [0.2, 0.25) is 0 Å². The lowest BCUT2D eigenvalue weighted by Gasteiger charge is -2.11. The molecule has 0 bridgehead atoms. The molecule has 0 spiro atoms. The van der Waals surface area contributed by atoms with Crippen molar-refractivity contribution in [2.45, 2.75) is 20.1 Å². The van der Waals surface area contributed by atoms with E-state index in [0.717, 1.165) is 5.56 Å². The first-order valence-electron chi connectivity index (χ1n) is 4.46. The molecule has 1 amide bonds. The van der Waals surface area contributed by atoms with Gasteiger partial charge in [-0.1, -0.05) is 11.6 Å². The molecule has 1 aromatic carbocycles. The number of aryl methyl sites for hydroxylation is 1. The first-order valence-corrected chi connectivity index (χ1v) is 4.84. The Balaban J connectivity index is 3.08. The molecule has 4 nitrogen and oxygen atoms in total. The summed E-state index contributed by atoms with van der Waals surface area (Å²) in [4.78, 5) is 11.6. The molecule has 0 radical (unpaired) electrons. The molecular weight excluding hydrogens is 216 g/mol. The molecule has 15 heavy (non-hydrogen) atoms. The summed E-state index contributed by atoms with van der Waals surface area (Å²) < 4.78 is 0. The maximum Gasteiger partial charge on any atom is 0.255 e. The van der Waals surface area contributed by atoms with Gasteiger partial charge in [-0.15, -0.1) is 0 Å². The quantitative estimate of drug-likeness (QED) is 0.528. The van der Waals surface area contributed by atoms with E-state index in [0.29, 0.717) is 10.7 Å². The number of aliphatic hydroxyl groups is 1.